The molecule has 1 amide bonds. The van der Waals surface area contributed by atoms with Crippen LogP contribution in [0.4, 0.5) is 0 Å². The summed E-state index contributed by atoms with van der Waals surface area (Å²) in [5.41, 5.74) is 12.5. The Morgan fingerprint density at radius 2 is 1.60 bits per heavy atom. The van der Waals surface area contributed by atoms with Gasteiger partial charge >= 0.3 is 0 Å². The summed E-state index contributed by atoms with van der Waals surface area (Å²) < 4.78 is 23.7. The standard InChI is InChI=1S/C24H28N2O3S.C10H15NO2/c1-24(2,3)25(4)23(27)19-13-18(16-8-10-30-14-16)22-21-15(7-9-26(19)22)11-17(28-5)12-20(21)29-6;1-12-9-5-8(3-4-11)6-10(7-9)13-2/h8,10-14H,7,9H2,1-6H3;5-7H,3-4,11H2,1-2H3. The van der Waals surface area contributed by atoms with Gasteiger partial charge in [-0.1, -0.05) is 0 Å². The van der Waals surface area contributed by atoms with Gasteiger partial charge in [0, 0.05) is 42.4 Å². The van der Waals surface area contributed by atoms with E-state index in [0.717, 1.165) is 70.3 Å². The first-order valence-electron chi connectivity index (χ1n) is 14.3. The summed E-state index contributed by atoms with van der Waals surface area (Å²) in [4.78, 5) is 15.3. The highest BCUT2D eigenvalue weighted by Gasteiger charge is 2.32. The van der Waals surface area contributed by atoms with E-state index in [9.17, 15) is 4.79 Å². The number of hydrogen-bond donors (Lipinski definition) is 1. The Morgan fingerprint density at radius 3 is 2.14 bits per heavy atom. The van der Waals surface area contributed by atoms with E-state index in [1.807, 2.05) is 42.3 Å². The second kappa shape index (κ2) is 13.6. The molecule has 0 radical (unpaired) electrons. The average molecular weight is 606 g/mol. The lowest BCUT2D eigenvalue weighted by molar-refractivity contribution is 0.0644. The SMILES string of the molecule is COc1cc(CCN)cc(OC)c1.COc1cc2c(c(OC)c1)-c1c(-c3ccsc3)cc(C(=O)N(C)C(C)(C)C)n1CC2. The summed E-state index contributed by atoms with van der Waals surface area (Å²) >= 11 is 1.65. The number of methoxy groups -OCH3 is 4. The lowest BCUT2D eigenvalue weighted by atomic mass is 9.93. The zero-order chi connectivity index (χ0) is 31.3. The van der Waals surface area contributed by atoms with Gasteiger partial charge in [-0.2, -0.15) is 11.3 Å². The van der Waals surface area contributed by atoms with Crippen molar-refractivity contribution in [2.45, 2.75) is 45.7 Å². The molecule has 43 heavy (non-hydrogen) atoms. The van der Waals surface area contributed by atoms with E-state index < -0.39 is 0 Å². The number of rotatable bonds is 8. The lowest BCUT2D eigenvalue weighted by Crippen LogP contribution is -2.43. The minimum Gasteiger partial charge on any atom is -0.497 e. The van der Waals surface area contributed by atoms with Crippen LogP contribution in [0.25, 0.3) is 22.4 Å². The number of amides is 1. The summed E-state index contributed by atoms with van der Waals surface area (Å²) in [5, 5.41) is 4.19. The largest absolute Gasteiger partial charge is 0.497 e. The fraction of sp³-hybridized carbons (Fsp3) is 0.382. The molecule has 9 heteroatoms. The van der Waals surface area contributed by atoms with Crippen LogP contribution < -0.4 is 24.7 Å². The van der Waals surface area contributed by atoms with Crippen molar-refractivity contribution in [2.24, 2.45) is 5.73 Å². The highest BCUT2D eigenvalue weighted by Crippen LogP contribution is 2.46. The van der Waals surface area contributed by atoms with Crippen LogP contribution >= 0.6 is 11.3 Å². The second-order valence-electron chi connectivity index (χ2n) is 11.4. The molecule has 4 aromatic rings. The molecule has 8 nitrogen and oxygen atoms in total. The number of thiophene rings is 1. The van der Waals surface area contributed by atoms with Crippen LogP contribution in [0.15, 0.2) is 53.2 Å². The molecule has 2 aromatic carbocycles. The number of nitrogens with two attached hydrogens (primary N) is 1. The number of carbonyl (C=O) groups is 1. The highest BCUT2D eigenvalue weighted by atomic mass is 32.1. The molecule has 0 aliphatic carbocycles. The molecule has 2 N–H and O–H groups in total. The summed E-state index contributed by atoms with van der Waals surface area (Å²) in [6, 6.07) is 13.9. The summed E-state index contributed by atoms with van der Waals surface area (Å²) in [6.45, 7) is 7.53. The predicted molar refractivity (Wildman–Crippen MR) is 174 cm³/mol. The van der Waals surface area contributed by atoms with E-state index in [4.69, 9.17) is 24.7 Å². The number of hydrogen-bond acceptors (Lipinski definition) is 7. The molecular weight excluding hydrogens is 562 g/mol. The molecule has 0 saturated carbocycles. The minimum absolute atomic E-state index is 0.0289. The lowest BCUT2D eigenvalue weighted by Gasteiger charge is -2.33. The third-order valence-corrected chi connectivity index (χ3v) is 8.44. The summed E-state index contributed by atoms with van der Waals surface area (Å²) in [7, 11) is 8.50. The van der Waals surface area contributed by atoms with Crippen LogP contribution in [0.5, 0.6) is 23.0 Å². The zero-order valence-corrected chi connectivity index (χ0v) is 27.3. The first-order valence-corrected chi connectivity index (χ1v) is 15.2. The van der Waals surface area contributed by atoms with Gasteiger partial charge in [0.1, 0.15) is 28.7 Å². The van der Waals surface area contributed by atoms with Crippen LogP contribution in [-0.4, -0.2) is 62.9 Å². The number of fused-ring (bicyclic) bond motifs is 3. The molecule has 1 aliphatic rings. The Morgan fingerprint density at radius 1 is 0.953 bits per heavy atom. The maximum atomic E-state index is 13.5. The number of carbonyl (C=O) groups excluding carboxylic acids is 1. The molecule has 0 fully saturated rings. The monoisotopic (exact) mass is 605 g/mol. The predicted octanol–water partition coefficient (Wildman–Crippen LogP) is 6.53. The van der Waals surface area contributed by atoms with Crippen molar-refractivity contribution in [3.05, 3.63) is 70.0 Å². The van der Waals surface area contributed by atoms with E-state index >= 15 is 0 Å². The molecule has 5 rings (SSSR count). The van der Waals surface area contributed by atoms with Gasteiger partial charge in [0.05, 0.1) is 34.1 Å². The van der Waals surface area contributed by atoms with Crippen LogP contribution in [-0.2, 0) is 19.4 Å². The maximum absolute atomic E-state index is 13.5. The molecule has 2 aromatic heterocycles. The first kappa shape index (κ1) is 32.0. The Labute approximate surface area is 258 Å². The smallest absolute Gasteiger partial charge is 0.270 e. The quantitative estimate of drug-likeness (QED) is 0.246. The second-order valence-corrected chi connectivity index (χ2v) is 12.1. The Bertz CT molecular complexity index is 1510. The van der Waals surface area contributed by atoms with Crippen LogP contribution in [0.2, 0.25) is 0 Å². The molecule has 0 saturated heterocycles. The number of nitrogens with zero attached hydrogens (tertiary/aromatic N) is 2. The maximum Gasteiger partial charge on any atom is 0.270 e. The molecule has 0 bridgehead atoms. The van der Waals surface area contributed by atoms with Gasteiger partial charge in [0.25, 0.3) is 5.91 Å². The number of aryl methyl sites for hydroxylation is 1. The molecular formula is C34H43N3O5S. The van der Waals surface area contributed by atoms with Gasteiger partial charge in [-0.25, -0.2) is 0 Å². The van der Waals surface area contributed by atoms with Crippen molar-refractivity contribution in [3.63, 3.8) is 0 Å². The molecule has 0 atom stereocenters. The molecule has 3 heterocycles. The van der Waals surface area contributed by atoms with E-state index in [-0.39, 0.29) is 11.4 Å². The fourth-order valence-electron chi connectivity index (χ4n) is 5.14. The van der Waals surface area contributed by atoms with Crippen molar-refractivity contribution in [1.82, 2.24) is 9.47 Å². The van der Waals surface area contributed by atoms with Gasteiger partial charge in [-0.15, -0.1) is 0 Å². The van der Waals surface area contributed by atoms with Crippen molar-refractivity contribution in [2.75, 3.05) is 42.0 Å². The van der Waals surface area contributed by atoms with E-state index in [1.54, 1.807) is 39.8 Å². The normalized spacial score (nSPS) is 11.9. The molecule has 230 valence electrons. The van der Waals surface area contributed by atoms with Gasteiger partial charge in [0.2, 0.25) is 0 Å². The Balaban J connectivity index is 0.000000273. The number of ether oxygens (including phenoxy) is 4. The summed E-state index contributed by atoms with van der Waals surface area (Å²) in [5.74, 6) is 3.20. The van der Waals surface area contributed by atoms with E-state index in [1.165, 1.54) is 5.56 Å². The van der Waals surface area contributed by atoms with Crippen molar-refractivity contribution in [3.8, 4) is 45.4 Å². The topological polar surface area (TPSA) is 88.2 Å². The van der Waals surface area contributed by atoms with E-state index in [2.05, 4.69) is 48.2 Å². The summed E-state index contributed by atoms with van der Waals surface area (Å²) in [6.07, 6.45) is 1.65. The van der Waals surface area contributed by atoms with Gasteiger partial charge in [-0.05, 0) is 97.9 Å². The molecule has 1 aliphatic heterocycles. The third kappa shape index (κ3) is 6.84. The van der Waals surface area contributed by atoms with Crippen molar-refractivity contribution in [1.29, 1.82) is 0 Å². The molecule has 0 spiro atoms. The van der Waals surface area contributed by atoms with Crippen LogP contribution in [0.1, 0.15) is 42.4 Å². The minimum atomic E-state index is -0.262. The Kier molecular flexibility index (Phi) is 10.1. The number of aromatic nitrogens is 1. The molecule has 0 unspecified atom stereocenters. The van der Waals surface area contributed by atoms with E-state index in [0.29, 0.717) is 12.2 Å². The van der Waals surface area contributed by atoms with Crippen LogP contribution in [0, 0.1) is 0 Å². The van der Waals surface area contributed by atoms with Crippen molar-refractivity contribution < 1.29 is 23.7 Å². The third-order valence-electron chi connectivity index (χ3n) is 7.76. The van der Waals surface area contributed by atoms with Crippen LogP contribution in [0.3, 0.4) is 0 Å². The van der Waals surface area contributed by atoms with Gasteiger partial charge < -0.3 is 34.1 Å². The highest BCUT2D eigenvalue weighted by molar-refractivity contribution is 7.08. The number of benzene rings is 2. The average Bonchev–Trinajstić information content (AvgIpc) is 3.68. The van der Waals surface area contributed by atoms with Gasteiger partial charge in [-0.3, -0.25) is 4.79 Å². The fourth-order valence-corrected chi connectivity index (χ4v) is 5.80. The zero-order valence-electron chi connectivity index (χ0n) is 26.4. The first-order chi connectivity index (χ1) is 20.6. The Hall–Kier alpha value is -3.95. The van der Waals surface area contributed by atoms with Gasteiger partial charge in [0.15, 0.2) is 0 Å². The van der Waals surface area contributed by atoms with Crippen molar-refractivity contribution >= 4 is 17.2 Å².